The number of amides is 11. The molecule has 11 amide bonds. The highest BCUT2D eigenvalue weighted by Gasteiger charge is 2.40. The molecule has 0 saturated carbocycles. The van der Waals surface area contributed by atoms with Gasteiger partial charge in [0.2, 0.25) is 65.0 Å². The van der Waals surface area contributed by atoms with E-state index in [0.29, 0.717) is 79.0 Å². The molecule has 8 atom stereocenters. The first-order valence-corrected chi connectivity index (χ1v) is 42.1. The third kappa shape index (κ3) is 33.7. The zero-order valence-corrected chi connectivity index (χ0v) is 71.8. The van der Waals surface area contributed by atoms with Crippen LogP contribution in [0.15, 0.2) is 91.6 Å². The smallest absolute Gasteiger partial charge is 0.335 e. The van der Waals surface area contributed by atoms with Crippen molar-refractivity contribution in [2.75, 3.05) is 85.6 Å². The van der Waals surface area contributed by atoms with Crippen LogP contribution < -0.4 is 74.1 Å². The maximum atomic E-state index is 14.8. The average Bonchev–Trinajstić information content (AvgIpc) is 1.67. The number of carboxylic acid groups (broad SMARTS) is 2. The molecule has 3 aromatic carbocycles. The Hall–Kier alpha value is -13.6. The molecule has 1 fully saturated rings. The number of hydrogen-bond donors (Lipinski definition) is 20. The van der Waals surface area contributed by atoms with Gasteiger partial charge in [-0.15, -0.1) is 5.10 Å². The molecule has 128 heavy (non-hydrogen) atoms. The summed E-state index contributed by atoms with van der Waals surface area (Å²) in [4.78, 5) is 188. The van der Waals surface area contributed by atoms with Crippen molar-refractivity contribution in [3.8, 4) is 17.2 Å². The van der Waals surface area contributed by atoms with Gasteiger partial charge in [0, 0.05) is 86.4 Å². The number of nitrogens with one attached hydrogen (secondary N) is 14. The Kier molecular flexibility index (Phi) is 40.3. The predicted octanol–water partition coefficient (Wildman–Crippen LogP) is -1.31. The summed E-state index contributed by atoms with van der Waals surface area (Å²) in [7, 11) is 0. The highest BCUT2D eigenvalue weighted by atomic mass is 16.5. The molecule has 7 aromatic rings. The minimum Gasteiger partial charge on any atom is -0.508 e. The Morgan fingerprint density at radius 2 is 1.25 bits per heavy atom. The molecule has 0 bridgehead atoms. The van der Waals surface area contributed by atoms with Gasteiger partial charge in [-0.1, -0.05) is 49.4 Å². The number of carboxylic acids is 2. The van der Waals surface area contributed by atoms with Crippen LogP contribution in [0.4, 0.5) is 0 Å². The van der Waals surface area contributed by atoms with Gasteiger partial charge in [0.05, 0.1) is 108 Å². The van der Waals surface area contributed by atoms with Crippen molar-refractivity contribution >= 4 is 93.8 Å². The maximum absolute atomic E-state index is 14.8. The number of likely N-dealkylation sites (tertiary alicyclic amines) is 1. The lowest BCUT2D eigenvalue weighted by Crippen LogP contribution is -2.61. The van der Waals surface area contributed by atoms with Crippen LogP contribution in [-0.2, 0) is 110 Å². The number of ether oxygens (including phenoxy) is 5. The number of para-hydroxylation sites is 1. The van der Waals surface area contributed by atoms with E-state index in [4.69, 9.17) is 40.6 Å². The Bertz CT molecular complexity index is 4840. The number of rotatable bonds is 58. The van der Waals surface area contributed by atoms with Gasteiger partial charge in [-0.05, 0) is 131 Å². The number of carbonyl (C=O) groups excluding carboxylic acids is 11. The first-order valence-electron chi connectivity index (χ1n) is 42.1. The molecule has 44 heteroatoms. The second-order valence-corrected chi connectivity index (χ2v) is 30.9. The highest BCUT2D eigenvalue weighted by Crippen LogP contribution is 2.26. The summed E-state index contributed by atoms with van der Waals surface area (Å²) < 4.78 is 30.4. The third-order valence-corrected chi connectivity index (χ3v) is 20.5. The number of aliphatic carboxylic acids is 1. The van der Waals surface area contributed by atoms with E-state index in [1.165, 1.54) is 53.8 Å². The summed E-state index contributed by atoms with van der Waals surface area (Å²) in [5, 5.41) is 89.8. The van der Waals surface area contributed by atoms with E-state index in [-0.39, 0.29) is 133 Å². The maximum Gasteiger partial charge on any atom is 0.335 e. The van der Waals surface area contributed by atoms with Crippen molar-refractivity contribution in [2.45, 2.75) is 179 Å². The number of carbonyl (C=O) groups is 13. The number of benzene rings is 3. The van der Waals surface area contributed by atoms with Crippen LogP contribution in [0.2, 0.25) is 0 Å². The fraction of sp³-hybridized carbons (Fsp3) is 0.500. The van der Waals surface area contributed by atoms with Crippen LogP contribution in [0.5, 0.6) is 17.2 Å². The molecule has 1 saturated heterocycles. The summed E-state index contributed by atoms with van der Waals surface area (Å²) in [5.41, 5.74) is 16.3. The van der Waals surface area contributed by atoms with Crippen molar-refractivity contribution in [2.24, 2.45) is 17.4 Å². The SMILES string of the molecule is Cc1n[nH]c(C)c1CCCOc1cc(OCCCc2cn(CCOCCOCCOCCC(=O)N[C@@H](CCC(=O)O)C(=O)N[C@@H](Cc3c[nH]cn3)C(=O)N[C@@H](Cc3c[nH]c4ccccc34)C(=O)N[C@@H](CO)C(=O)N[C@@H](Cc3ccc(O)cc3)C(=O)NCC(=O)N[C@@H](CC(C)C)C(=O)N[C@@H](CCCNC(=N)N)C(=O)N3CCC[C@H]3C(=O)NCC(N)=O)nn2)cc(C(=O)O)c1. The Labute approximate surface area is 736 Å². The van der Waals surface area contributed by atoms with Crippen LogP contribution in [0, 0.1) is 25.2 Å². The molecule has 22 N–H and O–H groups in total. The third-order valence-electron chi connectivity index (χ3n) is 20.5. The molecule has 1 aliphatic heterocycles. The largest absolute Gasteiger partial charge is 0.508 e. The number of hydrogen-bond acceptors (Lipinski definition) is 25. The number of aromatic carboxylic acids is 1. The van der Waals surface area contributed by atoms with E-state index in [1.54, 1.807) is 61.3 Å². The van der Waals surface area contributed by atoms with Gasteiger partial charge in [0.1, 0.15) is 65.6 Å². The van der Waals surface area contributed by atoms with Crippen molar-refractivity contribution in [1.82, 2.24) is 98.2 Å². The number of aromatic nitrogens is 8. The molecule has 44 nitrogen and oxygen atoms in total. The number of aliphatic hydroxyl groups excluding tert-OH is 1. The average molecular weight is 1790 g/mol. The Balaban J connectivity index is 0.823. The number of guanidine groups is 1. The normalized spacial score (nSPS) is 14.0. The molecule has 0 unspecified atom stereocenters. The lowest BCUT2D eigenvalue weighted by molar-refractivity contribution is -0.142. The number of nitrogens with two attached hydrogens (primary N) is 2. The highest BCUT2D eigenvalue weighted by molar-refractivity contribution is 5.99. The summed E-state index contributed by atoms with van der Waals surface area (Å²) in [5.74, 6) is -12.1. The summed E-state index contributed by atoms with van der Waals surface area (Å²) >= 11 is 0. The zero-order chi connectivity index (χ0) is 92.6. The van der Waals surface area contributed by atoms with Crippen molar-refractivity contribution < 1.29 is 106 Å². The molecule has 4 aromatic heterocycles. The zero-order valence-electron chi connectivity index (χ0n) is 71.8. The number of aromatic hydroxyl groups is 1. The van der Waals surface area contributed by atoms with E-state index in [0.717, 1.165) is 29.1 Å². The topological polar surface area (TPSA) is 652 Å². The number of fused-ring (bicyclic) bond motifs is 1. The van der Waals surface area contributed by atoms with Crippen LogP contribution in [0.1, 0.15) is 128 Å². The number of nitrogens with zero attached hydrogens (tertiary/aromatic N) is 6. The number of aryl methyl sites for hydroxylation is 3. The number of primary amides is 1. The lowest BCUT2D eigenvalue weighted by atomic mass is 10.0. The number of aromatic amines is 3. The van der Waals surface area contributed by atoms with Gasteiger partial charge in [-0.25, -0.2) is 14.5 Å². The predicted molar refractivity (Wildman–Crippen MR) is 458 cm³/mol. The standard InChI is InChI=1S/C84H116N22O22/c1-49(2)35-65(77(116)96-64(15-7-24-89-84(86)87)82(121)106-25-8-16-70(106)81(120)91-44-71(85)109)95-73(111)45-92-75(114)66(36-52-17-19-57(108)20-18-52)97-80(119)69(47-107)100-78(117)67(39-54-42-90-62-14-6-5-12-61(54)62)98-79(118)68(40-56-43-88-48-93-56)99-76(115)63(21-22-74(112)113)94-72(110)23-29-124-31-33-126-34-32-125-30-26-105-46-55(103-104-105)11-9-27-127-58-37-53(83(122)123)38-59(41-58)128-28-10-13-60-50(3)101-102-51(60)4/h5-6,12,14,17-20,37-38,41-43,46,48-49,63-70,90,107-108H,7-11,13,15-16,21-36,39-40,44-45,47H2,1-4H3,(H2,85,109)(H,88,93)(H,91,120)(H,92,114)(H,94,110)(H,95,111)(H,96,116)(H,97,119)(H,98,118)(H,99,115)(H,100,117)(H,101,102)(H,112,113)(H,122,123)(H4,86,87,89)/t63-,64-,65-,66-,67-,68-,69-,70-/m0/s1. The van der Waals surface area contributed by atoms with Crippen LogP contribution in [0.3, 0.4) is 0 Å². The number of phenols is 1. The quantitative estimate of drug-likeness (QED) is 0.0119. The van der Waals surface area contributed by atoms with E-state index < -0.39 is 158 Å². The van der Waals surface area contributed by atoms with Gasteiger partial charge in [-0.3, -0.25) is 68.0 Å². The molecular formula is C84H116N22O22. The van der Waals surface area contributed by atoms with Gasteiger partial charge in [0.15, 0.2) is 5.96 Å². The van der Waals surface area contributed by atoms with E-state index >= 15 is 0 Å². The first kappa shape index (κ1) is 99.8. The number of imidazole rings is 1. The van der Waals surface area contributed by atoms with Crippen molar-refractivity contribution in [3.63, 3.8) is 0 Å². The molecule has 8 rings (SSSR count). The summed E-state index contributed by atoms with van der Waals surface area (Å²) in [6.45, 7) is 7.16. The monoisotopic (exact) mass is 1780 g/mol. The van der Waals surface area contributed by atoms with E-state index in [1.807, 2.05) is 13.8 Å². The lowest BCUT2D eigenvalue weighted by Gasteiger charge is -2.30. The second-order valence-electron chi connectivity index (χ2n) is 30.9. The van der Waals surface area contributed by atoms with Gasteiger partial charge in [0.25, 0.3) is 0 Å². The molecule has 0 spiro atoms. The minimum atomic E-state index is -1.87. The van der Waals surface area contributed by atoms with Crippen LogP contribution in [0.25, 0.3) is 10.9 Å². The molecule has 0 radical (unpaired) electrons. The molecule has 1 aliphatic rings. The number of phenolic OH excluding ortho intramolecular Hbond substituents is 1. The summed E-state index contributed by atoms with van der Waals surface area (Å²) in [6.07, 6.45) is 7.29. The van der Waals surface area contributed by atoms with Gasteiger partial charge in [-0.2, -0.15) is 5.10 Å². The van der Waals surface area contributed by atoms with Crippen molar-refractivity contribution in [1.29, 1.82) is 5.41 Å². The van der Waals surface area contributed by atoms with Crippen molar-refractivity contribution in [3.05, 3.63) is 137 Å². The fourth-order valence-electron chi connectivity index (χ4n) is 13.9. The second kappa shape index (κ2) is 51.7. The van der Waals surface area contributed by atoms with Crippen LogP contribution >= 0.6 is 0 Å². The Morgan fingerprint density at radius 3 is 1.89 bits per heavy atom. The first-order chi connectivity index (χ1) is 61.4. The fourth-order valence-corrected chi connectivity index (χ4v) is 13.9. The van der Waals surface area contributed by atoms with Gasteiger partial charge < -0.3 is 124 Å². The molecule has 5 heterocycles. The number of H-pyrrole nitrogens is 3. The summed E-state index contributed by atoms with van der Waals surface area (Å²) in [6, 6.07) is 5.27. The van der Waals surface area contributed by atoms with Gasteiger partial charge >= 0.3 is 11.9 Å². The van der Waals surface area contributed by atoms with E-state index in [9.17, 15) is 82.8 Å². The van der Waals surface area contributed by atoms with E-state index in [2.05, 4.69) is 88.6 Å². The molecule has 0 aliphatic carbocycles. The Morgan fingerprint density at radius 1 is 0.625 bits per heavy atom. The molecular weight excluding hydrogens is 1670 g/mol. The minimum absolute atomic E-state index is 0.0130. The molecule has 694 valence electrons. The number of aliphatic hydroxyl groups is 1. The van der Waals surface area contributed by atoms with Crippen LogP contribution in [-0.4, -0.2) is 282 Å².